The number of aliphatic carboxylic acids is 1. The van der Waals surface area contributed by atoms with Crippen LogP contribution in [-0.4, -0.2) is 33.3 Å². The quantitative estimate of drug-likeness (QED) is 0.433. The minimum absolute atomic E-state index is 0.0378. The molecule has 3 aliphatic carbocycles. The molecule has 0 radical (unpaired) electrons. The van der Waals surface area contributed by atoms with Gasteiger partial charge in [-0.15, -0.1) is 0 Å². The molecule has 5 heteroatoms. The fourth-order valence-corrected chi connectivity index (χ4v) is 7.74. The minimum atomic E-state index is -1.91. The molecular weight excluding hydrogens is 428 g/mol. The molecule has 1 aromatic carbocycles. The molecule has 0 heterocycles. The highest BCUT2D eigenvalue weighted by molar-refractivity contribution is 6.23. The molecule has 0 unspecified atom stereocenters. The van der Waals surface area contributed by atoms with Crippen LogP contribution in [0.15, 0.2) is 54.1 Å². The first kappa shape index (κ1) is 24.6. The first-order chi connectivity index (χ1) is 15.8. The molecule has 0 aromatic heterocycles. The summed E-state index contributed by atoms with van der Waals surface area (Å²) in [7, 11) is 0. The summed E-state index contributed by atoms with van der Waals surface area (Å²) in [6.45, 7) is 13.7. The van der Waals surface area contributed by atoms with Crippen LogP contribution < -0.4 is 0 Å². The SMILES string of the molecule is C=C(C)[C@H]1C[C@@H]2C[C@]3(CC=C(C)C)C(=O)[C@]([C@H](CC(=O)O)c4ccccc4)(C(=O)[C@@]13O)C2(C)C. The van der Waals surface area contributed by atoms with Gasteiger partial charge in [-0.3, -0.25) is 14.4 Å². The molecule has 0 aliphatic heterocycles. The molecule has 0 saturated heterocycles. The van der Waals surface area contributed by atoms with Crippen LogP contribution in [0, 0.1) is 28.1 Å². The molecule has 1 aromatic rings. The van der Waals surface area contributed by atoms with Crippen LogP contribution >= 0.6 is 0 Å². The van der Waals surface area contributed by atoms with Gasteiger partial charge in [0.1, 0.15) is 11.0 Å². The Balaban J connectivity index is 2.09. The van der Waals surface area contributed by atoms with Crippen molar-refractivity contribution in [2.24, 2.45) is 28.1 Å². The normalized spacial score (nSPS) is 36.3. The van der Waals surface area contributed by atoms with Gasteiger partial charge in [-0.25, -0.2) is 0 Å². The predicted molar refractivity (Wildman–Crippen MR) is 130 cm³/mol. The van der Waals surface area contributed by atoms with Gasteiger partial charge in [-0.1, -0.05) is 68.0 Å². The topological polar surface area (TPSA) is 91.7 Å². The van der Waals surface area contributed by atoms with Gasteiger partial charge in [0, 0.05) is 11.8 Å². The third kappa shape index (κ3) is 2.79. The van der Waals surface area contributed by atoms with Crippen molar-refractivity contribution in [2.45, 2.75) is 71.8 Å². The molecule has 0 spiro atoms. The fraction of sp³-hybridized carbons (Fsp3) is 0.552. The van der Waals surface area contributed by atoms with Crippen molar-refractivity contribution >= 4 is 17.5 Å². The second-order valence-electron chi connectivity index (χ2n) is 11.6. The summed E-state index contributed by atoms with van der Waals surface area (Å²) in [5.41, 5.74) is -3.31. The summed E-state index contributed by atoms with van der Waals surface area (Å²) in [5.74, 6) is -3.30. The van der Waals surface area contributed by atoms with Crippen LogP contribution in [0.25, 0.3) is 0 Å². The number of carbonyl (C=O) groups excluding carboxylic acids is 2. The molecule has 3 bridgehead atoms. The lowest BCUT2D eigenvalue weighted by Gasteiger charge is -2.59. The van der Waals surface area contributed by atoms with Gasteiger partial charge >= 0.3 is 5.97 Å². The standard InChI is InChI=1S/C29H36O5/c1-17(2)12-13-27-16-20-14-21(18(3)4)29(27,34)25(33)28(24(27)32,26(20,5)6)22(15-23(30)31)19-10-8-7-9-11-19/h7-12,20-22,34H,3,13-16H2,1-2,4-6H3,(H,30,31)/t20-,21-,22-,27-,28-,29+/m1/s1. The third-order valence-corrected chi connectivity index (χ3v) is 9.44. The monoisotopic (exact) mass is 464 g/mol. The molecule has 4 rings (SSSR count). The molecule has 6 atom stereocenters. The number of Topliss-reactive ketones (excluding diaryl/α,β-unsaturated/α-hetero) is 2. The number of carboxylic acid groups (broad SMARTS) is 1. The Labute approximate surface area is 202 Å². The average Bonchev–Trinajstić information content (AvgIpc) is 2.85. The number of carboxylic acids is 1. The Kier molecular flexibility index (Phi) is 5.60. The van der Waals surface area contributed by atoms with Crippen molar-refractivity contribution in [1.82, 2.24) is 0 Å². The zero-order valence-electron chi connectivity index (χ0n) is 20.9. The van der Waals surface area contributed by atoms with Crippen molar-refractivity contribution < 1.29 is 24.6 Å². The van der Waals surface area contributed by atoms with E-state index in [2.05, 4.69) is 6.58 Å². The number of hydrogen-bond donors (Lipinski definition) is 2. The smallest absolute Gasteiger partial charge is 0.304 e. The summed E-state index contributed by atoms with van der Waals surface area (Å²) in [5, 5.41) is 22.4. The van der Waals surface area contributed by atoms with Gasteiger partial charge in [-0.2, -0.15) is 0 Å². The van der Waals surface area contributed by atoms with Crippen molar-refractivity contribution in [3.05, 3.63) is 59.7 Å². The maximum absolute atomic E-state index is 14.8. The van der Waals surface area contributed by atoms with Crippen LogP contribution in [-0.2, 0) is 14.4 Å². The van der Waals surface area contributed by atoms with Crippen molar-refractivity contribution in [3.63, 3.8) is 0 Å². The molecule has 182 valence electrons. The van der Waals surface area contributed by atoms with Crippen molar-refractivity contribution in [1.29, 1.82) is 0 Å². The number of rotatable bonds is 7. The maximum atomic E-state index is 14.8. The minimum Gasteiger partial charge on any atom is -0.481 e. The van der Waals surface area contributed by atoms with Crippen molar-refractivity contribution in [2.75, 3.05) is 0 Å². The highest BCUT2D eigenvalue weighted by atomic mass is 16.4. The molecule has 2 N–H and O–H groups in total. The first-order valence-electron chi connectivity index (χ1n) is 12.2. The Bertz CT molecular complexity index is 1090. The highest BCUT2D eigenvalue weighted by Gasteiger charge is 2.87. The third-order valence-electron chi connectivity index (χ3n) is 9.44. The molecular formula is C29H36O5. The van der Waals surface area contributed by atoms with E-state index in [0.717, 1.165) is 5.57 Å². The van der Waals surface area contributed by atoms with Gasteiger partial charge in [0.25, 0.3) is 0 Å². The second kappa shape index (κ2) is 7.74. The summed E-state index contributed by atoms with van der Waals surface area (Å²) >= 11 is 0. The van der Waals surface area contributed by atoms with E-state index < -0.39 is 45.4 Å². The van der Waals surface area contributed by atoms with E-state index in [1.54, 1.807) is 24.3 Å². The number of benzene rings is 1. The molecule has 5 nitrogen and oxygen atoms in total. The van der Waals surface area contributed by atoms with Gasteiger partial charge in [0.15, 0.2) is 11.6 Å². The molecule has 3 aliphatic rings. The number of allylic oxidation sites excluding steroid dienone is 2. The molecule has 0 amide bonds. The van der Waals surface area contributed by atoms with Gasteiger partial charge in [-0.05, 0) is 56.9 Å². The number of ketones is 2. The van der Waals surface area contributed by atoms with Crippen LogP contribution in [0.2, 0.25) is 0 Å². The van der Waals surface area contributed by atoms with E-state index in [-0.39, 0.29) is 24.5 Å². The molecule has 3 fully saturated rings. The number of fused-ring (bicyclic) bond motifs is 2. The van der Waals surface area contributed by atoms with E-state index >= 15 is 0 Å². The van der Waals surface area contributed by atoms with Crippen LogP contribution in [0.1, 0.15) is 71.8 Å². The van der Waals surface area contributed by atoms with E-state index in [4.69, 9.17) is 0 Å². The Morgan fingerprint density at radius 2 is 1.76 bits per heavy atom. The number of aliphatic hydroxyl groups is 1. The van der Waals surface area contributed by atoms with Crippen LogP contribution in [0.3, 0.4) is 0 Å². The summed E-state index contributed by atoms with van der Waals surface area (Å²) in [4.78, 5) is 41.7. The Hall–Kier alpha value is -2.53. The number of carbonyl (C=O) groups is 3. The average molecular weight is 465 g/mol. The summed E-state index contributed by atoms with van der Waals surface area (Å²) in [6.07, 6.45) is 2.83. The lowest BCUT2D eigenvalue weighted by atomic mass is 9.42. The summed E-state index contributed by atoms with van der Waals surface area (Å²) in [6, 6.07) is 9.03. The van der Waals surface area contributed by atoms with Crippen LogP contribution in [0.5, 0.6) is 0 Å². The molecule has 34 heavy (non-hydrogen) atoms. The predicted octanol–water partition coefficient (Wildman–Crippen LogP) is 5.10. The van der Waals surface area contributed by atoms with Crippen LogP contribution in [0.4, 0.5) is 0 Å². The van der Waals surface area contributed by atoms with E-state index in [0.29, 0.717) is 24.0 Å². The first-order valence-corrected chi connectivity index (χ1v) is 12.2. The van der Waals surface area contributed by atoms with E-state index in [9.17, 15) is 24.6 Å². The molecule has 3 saturated carbocycles. The van der Waals surface area contributed by atoms with Gasteiger partial charge in [0.2, 0.25) is 0 Å². The summed E-state index contributed by atoms with van der Waals surface area (Å²) < 4.78 is 0. The van der Waals surface area contributed by atoms with Gasteiger partial charge in [0.05, 0.1) is 11.8 Å². The Morgan fingerprint density at radius 1 is 1.15 bits per heavy atom. The van der Waals surface area contributed by atoms with Crippen molar-refractivity contribution in [3.8, 4) is 0 Å². The number of hydrogen-bond acceptors (Lipinski definition) is 4. The van der Waals surface area contributed by atoms with Gasteiger partial charge < -0.3 is 10.2 Å². The highest BCUT2D eigenvalue weighted by Crippen LogP contribution is 2.77. The lowest BCUT2D eigenvalue weighted by Crippen LogP contribution is -2.63. The fourth-order valence-electron chi connectivity index (χ4n) is 7.74. The second-order valence-corrected chi connectivity index (χ2v) is 11.6. The zero-order chi connectivity index (χ0) is 25.3. The van der Waals surface area contributed by atoms with E-state index in [1.807, 2.05) is 46.8 Å². The Morgan fingerprint density at radius 3 is 2.29 bits per heavy atom. The lowest BCUT2D eigenvalue weighted by molar-refractivity contribution is -0.178. The van der Waals surface area contributed by atoms with E-state index in [1.165, 1.54) is 0 Å². The maximum Gasteiger partial charge on any atom is 0.304 e. The zero-order valence-corrected chi connectivity index (χ0v) is 20.9. The largest absolute Gasteiger partial charge is 0.481 e.